The van der Waals surface area contributed by atoms with Gasteiger partial charge in [-0.15, -0.1) is 0 Å². The Kier molecular flexibility index (Phi) is 8.20. The van der Waals surface area contributed by atoms with Crippen molar-refractivity contribution in [2.75, 3.05) is 13.2 Å². The second-order valence-electron chi connectivity index (χ2n) is 6.04. The summed E-state index contributed by atoms with van der Waals surface area (Å²) in [7, 11) is 0. The van der Waals surface area contributed by atoms with Gasteiger partial charge in [0.05, 0.1) is 12.1 Å². The maximum absolute atomic E-state index is 11.8. The number of hydrogen-bond acceptors (Lipinski definition) is 3. The van der Waals surface area contributed by atoms with Crippen molar-refractivity contribution in [2.24, 2.45) is 0 Å². The number of unbranched alkanes of at least 4 members (excludes halogenated alkanes) is 1. The van der Waals surface area contributed by atoms with Gasteiger partial charge < -0.3 is 15.4 Å². The minimum atomic E-state index is -0.169. The molecule has 1 atom stereocenters. The van der Waals surface area contributed by atoms with E-state index in [1.54, 1.807) is 0 Å². The topological polar surface area (TPSA) is 50.4 Å². The van der Waals surface area contributed by atoms with Crippen molar-refractivity contribution in [3.63, 3.8) is 0 Å². The van der Waals surface area contributed by atoms with Crippen LogP contribution < -0.4 is 10.6 Å². The van der Waals surface area contributed by atoms with Gasteiger partial charge in [-0.25, -0.2) is 0 Å². The largest absolute Gasteiger partial charge is 0.379 e. The molecule has 108 valence electrons. The van der Waals surface area contributed by atoms with Crippen LogP contribution in [0.15, 0.2) is 0 Å². The molecule has 18 heavy (non-hydrogen) atoms. The van der Waals surface area contributed by atoms with Gasteiger partial charge in [-0.05, 0) is 60.9 Å². The summed E-state index contributed by atoms with van der Waals surface area (Å²) in [6.07, 6.45) is 2.35. The van der Waals surface area contributed by atoms with Gasteiger partial charge in [-0.2, -0.15) is 0 Å². The van der Waals surface area contributed by atoms with Crippen molar-refractivity contribution < 1.29 is 9.53 Å². The number of carbonyl (C=O) groups excluding carboxylic acids is 1. The molecule has 0 aliphatic carbocycles. The Hall–Kier alpha value is -0.610. The lowest BCUT2D eigenvalue weighted by atomic mass is 10.1. The van der Waals surface area contributed by atoms with E-state index < -0.39 is 0 Å². The Morgan fingerprint density at radius 2 is 1.78 bits per heavy atom. The lowest BCUT2D eigenvalue weighted by Gasteiger charge is -2.23. The van der Waals surface area contributed by atoms with E-state index in [0.717, 1.165) is 26.0 Å². The first-order chi connectivity index (χ1) is 8.22. The molecular formula is C14H30N2O2. The molecule has 0 saturated carbocycles. The van der Waals surface area contributed by atoms with E-state index in [-0.39, 0.29) is 17.5 Å². The van der Waals surface area contributed by atoms with Gasteiger partial charge in [0.1, 0.15) is 0 Å². The highest BCUT2D eigenvalue weighted by Gasteiger charge is 2.18. The van der Waals surface area contributed by atoms with Gasteiger partial charge in [0.15, 0.2) is 0 Å². The van der Waals surface area contributed by atoms with Crippen molar-refractivity contribution in [3.05, 3.63) is 0 Å². The molecule has 0 aliphatic heterocycles. The number of nitrogens with one attached hydrogen (secondary N) is 2. The quantitative estimate of drug-likeness (QED) is 0.655. The number of amides is 1. The summed E-state index contributed by atoms with van der Waals surface area (Å²) in [4.78, 5) is 11.8. The Morgan fingerprint density at radius 3 is 2.28 bits per heavy atom. The van der Waals surface area contributed by atoms with E-state index in [4.69, 9.17) is 4.74 Å². The molecule has 0 saturated heterocycles. The normalized spacial score (nSPS) is 13.7. The molecule has 0 spiro atoms. The highest BCUT2D eigenvalue weighted by molar-refractivity contribution is 5.81. The average Bonchev–Trinajstić information content (AvgIpc) is 2.19. The summed E-state index contributed by atoms with van der Waals surface area (Å²) in [5, 5.41) is 6.19. The maximum atomic E-state index is 11.8. The van der Waals surface area contributed by atoms with Crippen molar-refractivity contribution in [1.82, 2.24) is 10.6 Å². The van der Waals surface area contributed by atoms with E-state index in [1.807, 2.05) is 41.5 Å². The fourth-order valence-corrected chi connectivity index (χ4v) is 1.44. The highest BCUT2D eigenvalue weighted by Crippen LogP contribution is 1.99. The molecule has 0 aromatic heterocycles. The molecule has 2 N–H and O–H groups in total. The monoisotopic (exact) mass is 258 g/mol. The number of carbonyl (C=O) groups is 1. The zero-order valence-corrected chi connectivity index (χ0v) is 12.8. The lowest BCUT2D eigenvalue weighted by molar-refractivity contribution is -0.124. The molecule has 0 aromatic carbocycles. The predicted molar refractivity (Wildman–Crippen MR) is 75.7 cm³/mol. The highest BCUT2D eigenvalue weighted by atomic mass is 16.5. The van der Waals surface area contributed by atoms with E-state index >= 15 is 0 Å². The van der Waals surface area contributed by atoms with Crippen molar-refractivity contribution in [3.8, 4) is 0 Å². The average molecular weight is 258 g/mol. The van der Waals surface area contributed by atoms with Crippen LogP contribution in [-0.2, 0) is 9.53 Å². The second kappa shape index (κ2) is 8.48. The smallest absolute Gasteiger partial charge is 0.237 e. The van der Waals surface area contributed by atoms with Gasteiger partial charge in [0.25, 0.3) is 0 Å². The molecule has 0 bridgehead atoms. The predicted octanol–water partition coefficient (Wildman–Crippen LogP) is 2.08. The van der Waals surface area contributed by atoms with Crippen LogP contribution in [0, 0.1) is 0 Å². The summed E-state index contributed by atoms with van der Waals surface area (Å²) in [5.74, 6) is 0.0564. The van der Waals surface area contributed by atoms with Crippen LogP contribution in [0.4, 0.5) is 0 Å². The Bertz CT molecular complexity index is 234. The summed E-state index contributed by atoms with van der Waals surface area (Å²) in [5.41, 5.74) is -0.169. The maximum Gasteiger partial charge on any atom is 0.237 e. The molecule has 0 aliphatic rings. The zero-order chi connectivity index (χ0) is 14.2. The van der Waals surface area contributed by atoms with Crippen LogP contribution >= 0.6 is 0 Å². The van der Waals surface area contributed by atoms with E-state index in [1.165, 1.54) is 0 Å². The molecule has 4 nitrogen and oxygen atoms in total. The van der Waals surface area contributed by atoms with Crippen molar-refractivity contribution >= 4 is 5.91 Å². The first-order valence-corrected chi connectivity index (χ1v) is 6.89. The van der Waals surface area contributed by atoms with Crippen LogP contribution in [0.2, 0.25) is 0 Å². The van der Waals surface area contributed by atoms with Crippen LogP contribution in [0.25, 0.3) is 0 Å². The third-order valence-electron chi connectivity index (χ3n) is 2.36. The minimum Gasteiger partial charge on any atom is -0.379 e. The number of hydrogen-bond donors (Lipinski definition) is 2. The Balaban J connectivity index is 3.58. The SMILES string of the molecule is CC(C)OCCCCNC(C)C(=O)NC(C)(C)C. The molecule has 4 heteroatoms. The van der Waals surface area contributed by atoms with E-state index in [0.29, 0.717) is 6.10 Å². The summed E-state index contributed by atoms with van der Waals surface area (Å²) < 4.78 is 5.46. The second-order valence-corrected chi connectivity index (χ2v) is 6.04. The molecule has 0 radical (unpaired) electrons. The molecule has 1 amide bonds. The van der Waals surface area contributed by atoms with Gasteiger partial charge in [-0.3, -0.25) is 4.79 Å². The first-order valence-electron chi connectivity index (χ1n) is 6.89. The minimum absolute atomic E-state index is 0.0564. The number of ether oxygens (including phenoxy) is 1. The van der Waals surface area contributed by atoms with Crippen LogP contribution in [0.5, 0.6) is 0 Å². The van der Waals surface area contributed by atoms with Crippen LogP contribution in [-0.4, -0.2) is 36.7 Å². The van der Waals surface area contributed by atoms with E-state index in [9.17, 15) is 4.79 Å². The molecule has 0 fully saturated rings. The molecule has 0 rings (SSSR count). The molecule has 0 heterocycles. The van der Waals surface area contributed by atoms with Crippen molar-refractivity contribution in [2.45, 2.75) is 72.1 Å². The lowest BCUT2D eigenvalue weighted by Crippen LogP contribution is -2.49. The first kappa shape index (κ1) is 17.4. The summed E-state index contributed by atoms with van der Waals surface area (Å²) >= 11 is 0. The summed E-state index contributed by atoms with van der Waals surface area (Å²) in [6, 6.07) is -0.143. The fraction of sp³-hybridized carbons (Fsp3) is 0.929. The fourth-order valence-electron chi connectivity index (χ4n) is 1.44. The Morgan fingerprint density at radius 1 is 1.17 bits per heavy atom. The summed E-state index contributed by atoms with van der Waals surface area (Å²) in [6.45, 7) is 13.6. The molecule has 1 unspecified atom stereocenters. The zero-order valence-electron chi connectivity index (χ0n) is 12.8. The third kappa shape index (κ3) is 10.5. The van der Waals surface area contributed by atoms with Crippen molar-refractivity contribution in [1.29, 1.82) is 0 Å². The standard InChI is InChI=1S/C14H30N2O2/c1-11(2)18-10-8-7-9-15-12(3)13(17)16-14(4,5)6/h11-12,15H,7-10H2,1-6H3,(H,16,17). The molecular weight excluding hydrogens is 228 g/mol. The van der Waals surface area contributed by atoms with E-state index in [2.05, 4.69) is 10.6 Å². The van der Waals surface area contributed by atoms with Gasteiger partial charge >= 0.3 is 0 Å². The van der Waals surface area contributed by atoms with Gasteiger partial charge in [0, 0.05) is 12.1 Å². The number of rotatable bonds is 8. The van der Waals surface area contributed by atoms with Gasteiger partial charge in [0.2, 0.25) is 5.91 Å². The molecule has 0 aromatic rings. The van der Waals surface area contributed by atoms with Crippen LogP contribution in [0.1, 0.15) is 54.4 Å². The van der Waals surface area contributed by atoms with Gasteiger partial charge in [-0.1, -0.05) is 0 Å². The third-order valence-corrected chi connectivity index (χ3v) is 2.36. The van der Waals surface area contributed by atoms with Crippen LogP contribution in [0.3, 0.4) is 0 Å². The Labute approximate surface area is 112 Å².